The fourth-order valence-corrected chi connectivity index (χ4v) is 1.98. The predicted octanol–water partition coefficient (Wildman–Crippen LogP) is 0.0587. The number of anilines is 1. The first-order valence-electron chi connectivity index (χ1n) is 5.10. The Morgan fingerprint density at radius 2 is 2.20 bits per heavy atom. The summed E-state index contributed by atoms with van der Waals surface area (Å²) in [4.78, 5) is 24.2. The average Bonchev–Trinajstić information content (AvgIpc) is 2.56. The van der Waals surface area contributed by atoms with Crippen molar-refractivity contribution in [3.63, 3.8) is 0 Å². The summed E-state index contributed by atoms with van der Waals surface area (Å²) >= 11 is 0. The quantitative estimate of drug-likeness (QED) is 0.643. The van der Waals surface area contributed by atoms with Crippen LogP contribution in [0.5, 0.6) is 0 Å². The second kappa shape index (κ2) is 3.88. The Morgan fingerprint density at radius 3 is 2.80 bits per heavy atom. The Kier molecular flexibility index (Phi) is 2.57. The Labute approximate surface area is 86.1 Å². The zero-order valence-electron chi connectivity index (χ0n) is 8.54. The molecular weight excluding hydrogens is 196 g/mol. The first-order chi connectivity index (χ1) is 7.15. The van der Waals surface area contributed by atoms with Gasteiger partial charge in [-0.05, 0) is 25.2 Å². The molecule has 0 aliphatic heterocycles. The minimum absolute atomic E-state index is 0.203. The number of aromatic nitrogens is 3. The molecule has 1 aromatic rings. The molecule has 1 aliphatic carbocycles. The molecule has 2 unspecified atom stereocenters. The maximum Gasteiger partial charge on any atom is 0.342 e. The lowest BCUT2D eigenvalue weighted by atomic mass is 10.1. The Hall–Kier alpha value is -1.59. The number of nitrogens with zero attached hydrogens (tertiary/aromatic N) is 1. The molecule has 1 saturated carbocycles. The van der Waals surface area contributed by atoms with Gasteiger partial charge in [0.05, 0.1) is 0 Å². The van der Waals surface area contributed by atoms with E-state index < -0.39 is 11.2 Å². The molecule has 1 heterocycles. The van der Waals surface area contributed by atoms with Gasteiger partial charge in [0.1, 0.15) is 0 Å². The fourth-order valence-electron chi connectivity index (χ4n) is 1.98. The van der Waals surface area contributed by atoms with Crippen LogP contribution in [0.15, 0.2) is 9.59 Å². The smallest absolute Gasteiger partial charge is 0.342 e. The first-order valence-corrected chi connectivity index (χ1v) is 5.10. The maximum atomic E-state index is 11.3. The minimum Gasteiger partial charge on any atom is -0.361 e. The number of nitrogens with one attached hydrogen (secondary N) is 3. The molecular formula is C9H14N4O2. The molecule has 0 amide bonds. The van der Waals surface area contributed by atoms with Crippen molar-refractivity contribution in [2.45, 2.75) is 32.2 Å². The summed E-state index contributed by atoms with van der Waals surface area (Å²) in [5, 5.41) is 8.92. The van der Waals surface area contributed by atoms with Gasteiger partial charge in [-0.25, -0.2) is 9.89 Å². The molecule has 0 spiro atoms. The van der Waals surface area contributed by atoms with Crippen LogP contribution in [-0.4, -0.2) is 21.2 Å². The van der Waals surface area contributed by atoms with Crippen LogP contribution < -0.4 is 16.6 Å². The lowest BCUT2D eigenvalue weighted by Gasteiger charge is -2.10. The molecule has 15 heavy (non-hydrogen) atoms. The summed E-state index contributed by atoms with van der Waals surface area (Å²) in [5.74, 6) is 0.887. The van der Waals surface area contributed by atoms with Crippen molar-refractivity contribution in [2.75, 3.05) is 5.32 Å². The largest absolute Gasteiger partial charge is 0.361 e. The van der Waals surface area contributed by atoms with Crippen molar-refractivity contribution in [3.8, 4) is 0 Å². The number of aromatic amines is 2. The van der Waals surface area contributed by atoms with E-state index in [2.05, 4.69) is 27.4 Å². The number of hydrogen-bond acceptors (Lipinski definition) is 4. The summed E-state index contributed by atoms with van der Waals surface area (Å²) in [6.07, 6.45) is 3.25. The van der Waals surface area contributed by atoms with Gasteiger partial charge in [-0.2, -0.15) is 0 Å². The van der Waals surface area contributed by atoms with Crippen LogP contribution in [0.25, 0.3) is 0 Å². The summed E-state index contributed by atoms with van der Waals surface area (Å²) in [7, 11) is 0. The van der Waals surface area contributed by atoms with Crippen LogP contribution >= 0.6 is 0 Å². The summed E-state index contributed by atoms with van der Waals surface area (Å²) in [5.41, 5.74) is -1.04. The first kappa shape index (κ1) is 9.95. The van der Waals surface area contributed by atoms with E-state index in [1.165, 1.54) is 6.42 Å². The van der Waals surface area contributed by atoms with Crippen LogP contribution in [0, 0.1) is 5.92 Å². The standard InChI is InChI=1S/C9H14N4O2/c1-5-2-3-6(4-5)10-7-8(14)11-9(15)13-12-7/h5-6H,2-4H2,1H3,(H,10,12)(H2,11,13,14,15). The van der Waals surface area contributed by atoms with Crippen molar-refractivity contribution in [2.24, 2.45) is 5.92 Å². The van der Waals surface area contributed by atoms with Gasteiger partial charge < -0.3 is 5.32 Å². The molecule has 0 saturated heterocycles. The van der Waals surface area contributed by atoms with E-state index in [0.717, 1.165) is 12.8 Å². The van der Waals surface area contributed by atoms with Gasteiger partial charge in [0.25, 0.3) is 5.56 Å². The molecule has 2 rings (SSSR count). The van der Waals surface area contributed by atoms with Crippen LogP contribution in [0.3, 0.4) is 0 Å². The van der Waals surface area contributed by atoms with Crippen molar-refractivity contribution in [3.05, 3.63) is 20.8 Å². The van der Waals surface area contributed by atoms with E-state index in [9.17, 15) is 9.59 Å². The van der Waals surface area contributed by atoms with Gasteiger partial charge in [0, 0.05) is 6.04 Å². The van der Waals surface area contributed by atoms with E-state index >= 15 is 0 Å². The third-order valence-corrected chi connectivity index (χ3v) is 2.75. The van der Waals surface area contributed by atoms with Gasteiger partial charge in [-0.1, -0.05) is 6.92 Å². The Bertz CT molecular complexity index is 450. The lowest BCUT2D eigenvalue weighted by Crippen LogP contribution is -2.29. The monoisotopic (exact) mass is 210 g/mol. The summed E-state index contributed by atoms with van der Waals surface area (Å²) in [6, 6.07) is 0.291. The van der Waals surface area contributed by atoms with Crippen LogP contribution in [0.2, 0.25) is 0 Å². The zero-order chi connectivity index (χ0) is 10.8. The van der Waals surface area contributed by atoms with Crippen LogP contribution in [0.4, 0.5) is 5.82 Å². The molecule has 6 heteroatoms. The fraction of sp³-hybridized carbons (Fsp3) is 0.667. The molecule has 1 aromatic heterocycles. The number of rotatable bonds is 2. The normalized spacial score (nSPS) is 25.4. The zero-order valence-corrected chi connectivity index (χ0v) is 8.54. The van der Waals surface area contributed by atoms with Gasteiger partial charge in [0.2, 0.25) is 5.82 Å². The van der Waals surface area contributed by atoms with E-state index in [4.69, 9.17) is 0 Å². The molecule has 3 N–H and O–H groups in total. The number of hydrogen-bond donors (Lipinski definition) is 3. The topological polar surface area (TPSA) is 90.6 Å². The highest BCUT2D eigenvalue weighted by Crippen LogP contribution is 2.25. The molecule has 1 fully saturated rings. The highest BCUT2D eigenvalue weighted by atomic mass is 16.2. The summed E-state index contributed by atoms with van der Waals surface area (Å²) in [6.45, 7) is 2.19. The molecule has 82 valence electrons. The number of H-pyrrole nitrogens is 2. The van der Waals surface area contributed by atoms with Crippen LogP contribution in [0.1, 0.15) is 26.2 Å². The molecule has 1 aliphatic rings. The van der Waals surface area contributed by atoms with E-state index in [-0.39, 0.29) is 5.82 Å². The molecule has 0 aromatic carbocycles. The van der Waals surface area contributed by atoms with E-state index in [1.807, 2.05) is 0 Å². The van der Waals surface area contributed by atoms with Crippen LogP contribution in [-0.2, 0) is 0 Å². The van der Waals surface area contributed by atoms with Crippen molar-refractivity contribution >= 4 is 5.82 Å². The highest BCUT2D eigenvalue weighted by molar-refractivity contribution is 5.30. The molecule has 0 bridgehead atoms. The molecule has 2 atom stereocenters. The van der Waals surface area contributed by atoms with Gasteiger partial charge >= 0.3 is 5.69 Å². The second-order valence-electron chi connectivity index (χ2n) is 4.11. The minimum atomic E-state index is -0.578. The SMILES string of the molecule is CC1CCC(Nc2n[nH]c(=O)[nH]c2=O)C1. The average molecular weight is 210 g/mol. The maximum absolute atomic E-state index is 11.3. The molecule has 6 nitrogen and oxygen atoms in total. The van der Waals surface area contributed by atoms with Crippen molar-refractivity contribution < 1.29 is 0 Å². The highest BCUT2D eigenvalue weighted by Gasteiger charge is 2.22. The predicted molar refractivity (Wildman–Crippen MR) is 55.9 cm³/mol. The molecule has 0 radical (unpaired) electrons. The Balaban J connectivity index is 2.11. The van der Waals surface area contributed by atoms with Crippen molar-refractivity contribution in [1.29, 1.82) is 0 Å². The lowest BCUT2D eigenvalue weighted by molar-refractivity contribution is 0.601. The van der Waals surface area contributed by atoms with E-state index in [1.54, 1.807) is 0 Å². The van der Waals surface area contributed by atoms with E-state index in [0.29, 0.717) is 12.0 Å². The third kappa shape index (κ3) is 2.26. The van der Waals surface area contributed by atoms with Gasteiger partial charge in [-0.15, -0.1) is 5.10 Å². The Morgan fingerprint density at radius 1 is 1.40 bits per heavy atom. The van der Waals surface area contributed by atoms with Gasteiger partial charge in [-0.3, -0.25) is 9.78 Å². The summed E-state index contributed by atoms with van der Waals surface area (Å²) < 4.78 is 0. The second-order valence-corrected chi connectivity index (χ2v) is 4.11. The van der Waals surface area contributed by atoms with Gasteiger partial charge in [0.15, 0.2) is 0 Å². The van der Waals surface area contributed by atoms with Crippen molar-refractivity contribution in [1.82, 2.24) is 15.2 Å². The third-order valence-electron chi connectivity index (χ3n) is 2.75.